The molecule has 0 saturated carbocycles. The lowest BCUT2D eigenvalue weighted by Crippen LogP contribution is -2.52. The summed E-state index contributed by atoms with van der Waals surface area (Å²) < 4.78 is 26.2. The molecule has 1 aliphatic carbocycles. The fraction of sp³-hybridized carbons (Fsp3) is 0.769. The monoisotopic (exact) mass is 662 g/mol. The third kappa shape index (κ3) is 16.3. The zero-order valence-electron chi connectivity index (χ0n) is 27.8. The maximum absolute atomic E-state index is 12.8. The van der Waals surface area contributed by atoms with Gasteiger partial charge in [-0.2, -0.15) is 0 Å². The van der Waals surface area contributed by atoms with Crippen LogP contribution in [0.15, 0.2) is 23.5 Å². The van der Waals surface area contributed by atoms with E-state index in [-0.39, 0.29) is 11.6 Å². The molecule has 0 aromatic rings. The van der Waals surface area contributed by atoms with Gasteiger partial charge in [-0.05, 0) is 117 Å². The van der Waals surface area contributed by atoms with Crippen molar-refractivity contribution < 1.29 is 26.0 Å². The Morgan fingerprint density at radius 2 is 0.750 bits per heavy atom. The maximum atomic E-state index is 12.8. The molecule has 0 unspecified atom stereocenters. The van der Waals surface area contributed by atoms with Crippen LogP contribution in [0.4, 0.5) is 0 Å². The van der Waals surface area contributed by atoms with E-state index in [4.69, 9.17) is 16.5 Å². The van der Waals surface area contributed by atoms with Gasteiger partial charge in [-0.3, -0.25) is 9.59 Å². The number of allylic oxidation sites excluding steroid dienone is 2. The highest BCUT2D eigenvalue weighted by molar-refractivity contribution is 6.88. The van der Waals surface area contributed by atoms with Gasteiger partial charge in [0.15, 0.2) is 33.3 Å². The van der Waals surface area contributed by atoms with E-state index in [1.807, 2.05) is 0 Å². The lowest BCUT2D eigenvalue weighted by Gasteiger charge is -2.38. The van der Waals surface area contributed by atoms with Gasteiger partial charge in [-0.25, -0.2) is 0 Å². The van der Waals surface area contributed by atoms with E-state index in [1.54, 1.807) is 0 Å². The van der Waals surface area contributed by atoms with Crippen molar-refractivity contribution in [2.24, 2.45) is 0 Å². The van der Waals surface area contributed by atoms with Crippen molar-refractivity contribution in [3.8, 4) is 0 Å². The quantitative estimate of drug-likeness (QED) is 0.0988. The number of carbonyl (C=O) groups is 2. The molecule has 0 aliphatic heterocycles. The van der Waals surface area contributed by atoms with Gasteiger partial charge < -0.3 is 27.1 Å². The summed E-state index contributed by atoms with van der Waals surface area (Å²) >= 11 is 0. The minimum Gasteiger partial charge on any atom is -0.437 e. The lowest BCUT2D eigenvalue weighted by atomic mass is 10.1. The van der Waals surface area contributed by atoms with Crippen LogP contribution in [-0.2, 0) is 26.0 Å². The molecule has 1 aliphatic rings. The number of nitrogens with one attached hydrogen (secondary N) is 2. The molecular weight excluding hydrogens is 605 g/mol. The number of carbonyl (C=O) groups excluding carboxylic acids is 2. The van der Waals surface area contributed by atoms with Crippen molar-refractivity contribution in [1.82, 2.24) is 10.6 Å². The van der Waals surface area contributed by atoms with E-state index >= 15 is 0 Å². The molecule has 0 aromatic heterocycles. The Morgan fingerprint density at radius 3 is 0.975 bits per heavy atom. The van der Waals surface area contributed by atoms with Crippen LogP contribution in [-0.4, -0.2) is 75.0 Å². The molecule has 0 aromatic carbocycles. The van der Waals surface area contributed by atoms with Crippen LogP contribution in [0.2, 0.25) is 104 Å². The standard InChI is InChI=1S/C26H58N2O6Si6/c1-35(2,3)31-39(13,32-36(4,5)6)19-15-17-27-23-21-26(30)24(22-25(23)29)28-18-16-20-40(14,33-37(7,8)9)34-38(10,11)12/h21-22,27-28H,15-20H2,1-14H3. The Hall–Kier alpha value is -0.439. The van der Waals surface area contributed by atoms with E-state index in [9.17, 15) is 9.59 Å². The van der Waals surface area contributed by atoms with Gasteiger partial charge in [-0.15, -0.1) is 0 Å². The summed E-state index contributed by atoms with van der Waals surface area (Å²) in [6, 6.07) is 1.69. The van der Waals surface area contributed by atoms with Gasteiger partial charge >= 0.3 is 17.1 Å². The smallest absolute Gasteiger partial charge is 0.314 e. The van der Waals surface area contributed by atoms with Crippen LogP contribution in [0, 0.1) is 0 Å². The highest BCUT2D eigenvalue weighted by Crippen LogP contribution is 2.26. The molecular formula is C26H58N2O6Si6. The molecule has 0 amide bonds. The minimum atomic E-state index is -2.33. The van der Waals surface area contributed by atoms with Crippen molar-refractivity contribution in [1.29, 1.82) is 0 Å². The Morgan fingerprint density at radius 1 is 0.500 bits per heavy atom. The van der Waals surface area contributed by atoms with E-state index in [0.29, 0.717) is 24.5 Å². The molecule has 0 saturated heterocycles. The average molecular weight is 663 g/mol. The number of ketones is 2. The summed E-state index contributed by atoms with van der Waals surface area (Å²) in [5, 5.41) is 6.37. The molecule has 0 spiro atoms. The van der Waals surface area contributed by atoms with E-state index in [1.165, 1.54) is 12.2 Å². The molecule has 2 N–H and O–H groups in total. The van der Waals surface area contributed by atoms with Crippen molar-refractivity contribution in [2.75, 3.05) is 13.1 Å². The normalized spacial score (nSPS) is 16.1. The average Bonchev–Trinajstić information content (AvgIpc) is 2.65. The number of rotatable bonds is 18. The number of hydrogen-bond donors (Lipinski definition) is 2. The zero-order valence-corrected chi connectivity index (χ0v) is 33.8. The molecule has 0 atom stereocenters. The Bertz CT molecular complexity index is 837. The summed E-state index contributed by atoms with van der Waals surface area (Å²) in [6.45, 7) is 31.9. The summed E-state index contributed by atoms with van der Waals surface area (Å²) in [7, 11) is -11.7. The minimum absolute atomic E-state index is 0.179. The topological polar surface area (TPSA) is 95.1 Å². The Kier molecular flexibility index (Phi) is 13.5. The fourth-order valence-corrected chi connectivity index (χ4v) is 30.0. The third-order valence-electron chi connectivity index (χ3n) is 5.42. The van der Waals surface area contributed by atoms with Gasteiger partial charge in [0.25, 0.3) is 0 Å². The van der Waals surface area contributed by atoms with Gasteiger partial charge in [-0.1, -0.05) is 0 Å². The second kappa shape index (κ2) is 14.4. The second-order valence-electron chi connectivity index (χ2n) is 15.0. The molecule has 40 heavy (non-hydrogen) atoms. The Balaban J connectivity index is 2.65. The van der Waals surface area contributed by atoms with Gasteiger partial charge in [0, 0.05) is 25.2 Å². The van der Waals surface area contributed by atoms with Crippen LogP contribution in [0.5, 0.6) is 0 Å². The van der Waals surface area contributed by atoms with Gasteiger partial charge in [0.1, 0.15) is 0 Å². The molecule has 0 heterocycles. The lowest BCUT2D eigenvalue weighted by molar-refractivity contribution is -0.115. The molecule has 232 valence electrons. The predicted molar refractivity (Wildman–Crippen MR) is 182 cm³/mol. The van der Waals surface area contributed by atoms with Crippen molar-refractivity contribution >= 4 is 62.0 Å². The SMILES string of the molecule is C[Si](C)(C)O[Si](C)(CCCNC1=CC(=O)C(NCCC[Si](C)(O[Si](C)(C)C)O[Si](C)(C)C)=CC1=O)O[Si](C)(C)C. The summed E-state index contributed by atoms with van der Waals surface area (Å²) in [5.41, 5.74) is 0.700. The van der Waals surface area contributed by atoms with Gasteiger partial charge in [0.2, 0.25) is 11.6 Å². The van der Waals surface area contributed by atoms with Crippen LogP contribution < -0.4 is 10.6 Å². The summed E-state index contributed by atoms with van der Waals surface area (Å²) in [4.78, 5) is 25.5. The Labute approximate surface area is 251 Å². The highest BCUT2D eigenvalue weighted by atomic mass is 28.5. The van der Waals surface area contributed by atoms with E-state index in [0.717, 1.165) is 24.9 Å². The second-order valence-corrected chi connectivity index (χ2v) is 40.7. The first-order valence-corrected chi connectivity index (χ1v) is 33.3. The third-order valence-corrected chi connectivity index (χ3v) is 24.6. The first kappa shape index (κ1) is 37.6. The summed E-state index contributed by atoms with van der Waals surface area (Å²) in [5.74, 6) is -0.357. The molecule has 0 fully saturated rings. The number of hydrogen-bond acceptors (Lipinski definition) is 8. The van der Waals surface area contributed by atoms with Crippen LogP contribution in [0.3, 0.4) is 0 Å². The molecule has 1 rings (SSSR count). The predicted octanol–water partition coefficient (Wildman–Crippen LogP) is 6.42. The fourth-order valence-electron chi connectivity index (χ4n) is 4.94. The summed E-state index contributed by atoms with van der Waals surface area (Å²) in [6.07, 6.45) is 4.46. The van der Waals surface area contributed by atoms with Crippen molar-refractivity contribution in [2.45, 2.75) is 117 Å². The van der Waals surface area contributed by atoms with Crippen LogP contribution in [0.25, 0.3) is 0 Å². The van der Waals surface area contributed by atoms with E-state index in [2.05, 4.69) is 102 Å². The molecule has 8 nitrogen and oxygen atoms in total. The van der Waals surface area contributed by atoms with Crippen LogP contribution >= 0.6 is 0 Å². The van der Waals surface area contributed by atoms with E-state index < -0.39 is 50.4 Å². The maximum Gasteiger partial charge on any atom is 0.314 e. The van der Waals surface area contributed by atoms with Gasteiger partial charge in [0.05, 0.1) is 11.4 Å². The zero-order chi connectivity index (χ0) is 31.2. The molecule has 14 heteroatoms. The first-order chi connectivity index (χ1) is 17.8. The van der Waals surface area contributed by atoms with Crippen LogP contribution in [0.1, 0.15) is 12.8 Å². The first-order valence-electron chi connectivity index (χ1n) is 14.6. The van der Waals surface area contributed by atoms with Crippen molar-refractivity contribution in [3.05, 3.63) is 23.5 Å². The largest absolute Gasteiger partial charge is 0.437 e. The highest BCUT2D eigenvalue weighted by Gasteiger charge is 2.41. The van der Waals surface area contributed by atoms with Crippen molar-refractivity contribution in [3.63, 3.8) is 0 Å². The molecule has 0 radical (unpaired) electrons. The molecule has 0 bridgehead atoms.